The zero-order valence-electron chi connectivity index (χ0n) is 17.0. The van der Waals surface area contributed by atoms with Gasteiger partial charge in [0.05, 0.1) is 0 Å². The average Bonchev–Trinajstić information content (AvgIpc) is 2.73. The third-order valence-electron chi connectivity index (χ3n) is 3.80. The van der Waals surface area contributed by atoms with E-state index in [1.807, 2.05) is 27.7 Å². The summed E-state index contributed by atoms with van der Waals surface area (Å²) >= 11 is 0. The van der Waals surface area contributed by atoms with Gasteiger partial charge >= 0.3 is 0 Å². The third-order valence-corrected chi connectivity index (χ3v) is 3.80. The summed E-state index contributed by atoms with van der Waals surface area (Å²) in [6, 6.07) is 21.1. The molecule has 0 bridgehead atoms. The minimum Gasteiger partial charge on any atom is -0.235 e. The maximum atomic E-state index is 2.20. The Hall–Kier alpha value is -2.67. The molecular formula is C25H32N+. The van der Waals surface area contributed by atoms with Crippen LogP contribution >= 0.6 is 0 Å². The highest BCUT2D eigenvalue weighted by molar-refractivity contribution is 6.03. The molecule has 1 aliphatic rings. The van der Waals surface area contributed by atoms with Gasteiger partial charge in [0.25, 0.3) is 0 Å². The minimum atomic E-state index is 1.21. The number of allylic oxidation sites excluding steroid dienone is 5. The van der Waals surface area contributed by atoms with Gasteiger partial charge in [0.2, 0.25) is 0 Å². The molecule has 2 aromatic carbocycles. The van der Waals surface area contributed by atoms with Crippen LogP contribution in [0.15, 0.2) is 90.5 Å². The molecule has 1 nitrogen and oxygen atoms in total. The van der Waals surface area contributed by atoms with E-state index in [4.69, 9.17) is 0 Å². The van der Waals surface area contributed by atoms with E-state index in [0.29, 0.717) is 0 Å². The first-order valence-electron chi connectivity index (χ1n) is 9.51. The third kappa shape index (κ3) is 5.70. The summed E-state index contributed by atoms with van der Waals surface area (Å²) in [5.41, 5.74) is 6.20. The molecule has 1 heteroatoms. The first-order valence-corrected chi connectivity index (χ1v) is 9.51. The highest BCUT2D eigenvalue weighted by atomic mass is 14.9. The summed E-state index contributed by atoms with van der Waals surface area (Å²) < 4.78 is 2.12. The van der Waals surface area contributed by atoms with Gasteiger partial charge in [-0.1, -0.05) is 88.4 Å². The molecule has 0 amide bonds. The second kappa shape index (κ2) is 11.8. The number of rotatable bonds is 2. The Labute approximate surface area is 159 Å². The van der Waals surface area contributed by atoms with Gasteiger partial charge < -0.3 is 0 Å². The summed E-state index contributed by atoms with van der Waals surface area (Å²) in [6.07, 6.45) is 8.73. The fourth-order valence-electron chi connectivity index (χ4n) is 2.64. The van der Waals surface area contributed by atoms with Crippen molar-refractivity contribution in [3.8, 4) is 0 Å². The largest absolute Gasteiger partial charge is 0.235 e. The van der Waals surface area contributed by atoms with Gasteiger partial charge in [-0.25, -0.2) is 4.58 Å². The molecule has 0 N–H and O–H groups in total. The molecule has 0 radical (unpaired) electrons. The number of benzene rings is 2. The van der Waals surface area contributed by atoms with E-state index in [1.54, 1.807) is 0 Å². The van der Waals surface area contributed by atoms with Crippen LogP contribution in [0.4, 0.5) is 0 Å². The Kier molecular flexibility index (Phi) is 9.71. The van der Waals surface area contributed by atoms with Gasteiger partial charge in [-0.15, -0.1) is 0 Å². The SMILES string of the molecule is CC.CC.C[N+](C)=C1C=CC(=C(c2ccccc2)c2ccccc2)C=C1. The highest BCUT2D eigenvalue weighted by Gasteiger charge is 2.12. The van der Waals surface area contributed by atoms with Crippen LogP contribution in [0, 0.1) is 0 Å². The Balaban J connectivity index is 0.000000791. The number of hydrogen-bond donors (Lipinski definition) is 0. The van der Waals surface area contributed by atoms with Crippen molar-refractivity contribution in [1.82, 2.24) is 0 Å². The van der Waals surface area contributed by atoms with Crippen LogP contribution in [0.5, 0.6) is 0 Å². The zero-order valence-corrected chi connectivity index (χ0v) is 17.0. The van der Waals surface area contributed by atoms with Crippen molar-refractivity contribution in [2.45, 2.75) is 27.7 Å². The highest BCUT2D eigenvalue weighted by Crippen LogP contribution is 2.29. The minimum absolute atomic E-state index is 1.21. The van der Waals surface area contributed by atoms with Crippen LogP contribution < -0.4 is 0 Å². The Morgan fingerprint density at radius 1 is 0.577 bits per heavy atom. The van der Waals surface area contributed by atoms with E-state index in [0.717, 1.165) is 0 Å². The standard InChI is InChI=1S/C21H20N.2C2H6/c1-22(2)20-15-13-19(14-16-20)21(17-9-5-3-6-10-17)18-11-7-4-8-12-18;2*1-2/h3-16H,1-2H3;2*1-2H3/q+1;;. The van der Waals surface area contributed by atoms with E-state index in [9.17, 15) is 0 Å². The molecule has 0 aliphatic heterocycles. The van der Waals surface area contributed by atoms with Crippen molar-refractivity contribution in [3.63, 3.8) is 0 Å². The average molecular weight is 347 g/mol. The van der Waals surface area contributed by atoms with Crippen molar-refractivity contribution in [3.05, 3.63) is 102 Å². The topological polar surface area (TPSA) is 3.01 Å². The molecule has 0 spiro atoms. The Morgan fingerprint density at radius 3 is 1.31 bits per heavy atom. The Morgan fingerprint density at radius 2 is 0.962 bits per heavy atom. The fourth-order valence-corrected chi connectivity index (χ4v) is 2.64. The predicted molar refractivity (Wildman–Crippen MR) is 117 cm³/mol. The van der Waals surface area contributed by atoms with Crippen LogP contribution in [0.2, 0.25) is 0 Å². The second-order valence-corrected chi connectivity index (χ2v) is 5.55. The molecule has 3 rings (SSSR count). The van der Waals surface area contributed by atoms with Gasteiger partial charge in [-0.2, -0.15) is 0 Å². The summed E-state index contributed by atoms with van der Waals surface area (Å²) in [6.45, 7) is 8.00. The van der Waals surface area contributed by atoms with Crippen LogP contribution in [-0.4, -0.2) is 24.4 Å². The van der Waals surface area contributed by atoms with Crippen molar-refractivity contribution in [2.75, 3.05) is 14.1 Å². The molecule has 2 aromatic rings. The molecule has 1 aliphatic carbocycles. The molecule has 0 heterocycles. The second-order valence-electron chi connectivity index (χ2n) is 5.55. The lowest BCUT2D eigenvalue weighted by Crippen LogP contribution is -2.10. The molecule has 26 heavy (non-hydrogen) atoms. The lowest BCUT2D eigenvalue weighted by atomic mass is 9.91. The molecule has 0 saturated carbocycles. The molecule has 0 aromatic heterocycles. The van der Waals surface area contributed by atoms with Crippen molar-refractivity contribution < 1.29 is 4.58 Å². The first kappa shape index (κ1) is 21.4. The van der Waals surface area contributed by atoms with E-state index in [1.165, 1.54) is 28.0 Å². The number of nitrogens with zero attached hydrogens (tertiary/aromatic N) is 1. The molecule has 0 atom stereocenters. The Bertz CT molecular complexity index is 712. The van der Waals surface area contributed by atoms with Gasteiger partial charge in [0.15, 0.2) is 5.71 Å². The molecular weight excluding hydrogens is 314 g/mol. The van der Waals surface area contributed by atoms with Crippen LogP contribution in [0.25, 0.3) is 5.57 Å². The molecule has 136 valence electrons. The maximum absolute atomic E-state index is 2.20. The first-order chi connectivity index (χ1) is 12.8. The van der Waals surface area contributed by atoms with E-state index >= 15 is 0 Å². The van der Waals surface area contributed by atoms with Gasteiger partial charge in [0.1, 0.15) is 14.1 Å². The van der Waals surface area contributed by atoms with Crippen LogP contribution in [0.1, 0.15) is 38.8 Å². The van der Waals surface area contributed by atoms with Crippen LogP contribution in [-0.2, 0) is 0 Å². The smallest absolute Gasteiger partial charge is 0.199 e. The lowest BCUT2D eigenvalue weighted by Gasteiger charge is -2.13. The van der Waals surface area contributed by atoms with Crippen LogP contribution in [0.3, 0.4) is 0 Å². The normalized spacial score (nSPS) is 11.8. The summed E-state index contributed by atoms with van der Waals surface area (Å²) in [5, 5.41) is 0. The van der Waals surface area contributed by atoms with Crippen molar-refractivity contribution >= 4 is 11.3 Å². The molecule has 0 saturated heterocycles. The van der Waals surface area contributed by atoms with Crippen molar-refractivity contribution in [2.24, 2.45) is 0 Å². The zero-order chi connectivity index (χ0) is 19.4. The summed E-state index contributed by atoms with van der Waals surface area (Å²) in [4.78, 5) is 0. The van der Waals surface area contributed by atoms with E-state index in [-0.39, 0.29) is 0 Å². The van der Waals surface area contributed by atoms with Gasteiger partial charge in [-0.3, -0.25) is 0 Å². The maximum Gasteiger partial charge on any atom is 0.199 e. The van der Waals surface area contributed by atoms with Crippen molar-refractivity contribution in [1.29, 1.82) is 0 Å². The summed E-state index contributed by atoms with van der Waals surface area (Å²) in [7, 11) is 4.13. The lowest BCUT2D eigenvalue weighted by molar-refractivity contribution is -0.462. The molecule has 0 unspecified atom stereocenters. The predicted octanol–water partition coefficient (Wildman–Crippen LogP) is 6.38. The van der Waals surface area contributed by atoms with E-state index in [2.05, 4.69) is 104 Å². The summed E-state index contributed by atoms with van der Waals surface area (Å²) in [5.74, 6) is 0. The fraction of sp³-hybridized carbons (Fsp3) is 0.240. The van der Waals surface area contributed by atoms with E-state index < -0.39 is 0 Å². The van der Waals surface area contributed by atoms with Gasteiger partial charge in [-0.05, 0) is 34.4 Å². The monoisotopic (exact) mass is 346 g/mol. The molecule has 0 fully saturated rings. The quantitative estimate of drug-likeness (QED) is 0.555. The van der Waals surface area contributed by atoms with Gasteiger partial charge in [0, 0.05) is 12.2 Å². The number of hydrogen-bond acceptors (Lipinski definition) is 0.